The third-order valence-corrected chi connectivity index (χ3v) is 6.10. The van der Waals surface area contributed by atoms with Crippen LogP contribution in [-0.2, 0) is 4.79 Å². The summed E-state index contributed by atoms with van der Waals surface area (Å²) in [5.41, 5.74) is 0.679. The Balaban J connectivity index is 1.55. The van der Waals surface area contributed by atoms with Crippen molar-refractivity contribution in [1.82, 2.24) is 9.80 Å². The van der Waals surface area contributed by atoms with Crippen LogP contribution in [0.5, 0.6) is 5.75 Å². The van der Waals surface area contributed by atoms with E-state index in [1.807, 2.05) is 9.80 Å². The molecule has 0 aromatic heterocycles. The highest BCUT2D eigenvalue weighted by molar-refractivity contribution is 5.94. The summed E-state index contributed by atoms with van der Waals surface area (Å²) < 4.78 is 5.72. The molecule has 2 amide bonds. The second kappa shape index (κ2) is 8.97. The zero-order valence-electron chi connectivity index (χ0n) is 17.7. The van der Waals surface area contributed by atoms with Crippen LogP contribution in [-0.4, -0.2) is 53.4 Å². The number of amides is 2. The smallest absolute Gasteiger partial charge is 0.260 e. The van der Waals surface area contributed by atoms with Crippen molar-refractivity contribution in [2.75, 3.05) is 19.7 Å². The van der Waals surface area contributed by atoms with Gasteiger partial charge in [-0.15, -0.1) is 0 Å². The molecule has 0 spiro atoms. The average Bonchev–Trinajstić information content (AvgIpc) is 2.65. The highest BCUT2D eigenvalue weighted by atomic mass is 16.5. The van der Waals surface area contributed by atoms with Crippen molar-refractivity contribution in [1.29, 1.82) is 0 Å². The molecule has 28 heavy (non-hydrogen) atoms. The lowest BCUT2D eigenvalue weighted by Crippen LogP contribution is -2.49. The van der Waals surface area contributed by atoms with Crippen LogP contribution >= 0.6 is 0 Å². The van der Waals surface area contributed by atoms with E-state index < -0.39 is 0 Å². The maximum atomic E-state index is 12.8. The number of piperidine rings is 2. The predicted octanol–water partition coefficient (Wildman–Crippen LogP) is 3.97. The number of nitrogens with zero attached hydrogens (tertiary/aromatic N) is 2. The zero-order valence-corrected chi connectivity index (χ0v) is 17.7. The number of hydrogen-bond acceptors (Lipinski definition) is 3. The van der Waals surface area contributed by atoms with Gasteiger partial charge in [-0.2, -0.15) is 0 Å². The molecule has 0 bridgehead atoms. The number of carbonyl (C=O) groups excluding carboxylic acids is 2. The Morgan fingerprint density at radius 2 is 1.54 bits per heavy atom. The molecular weight excluding hydrogens is 352 g/mol. The molecule has 5 heteroatoms. The van der Waals surface area contributed by atoms with Crippen LogP contribution in [0.25, 0.3) is 0 Å². The van der Waals surface area contributed by atoms with E-state index in [1.165, 1.54) is 12.8 Å². The molecule has 2 saturated heterocycles. The van der Waals surface area contributed by atoms with Gasteiger partial charge in [0.05, 0.1) is 0 Å². The topological polar surface area (TPSA) is 49.9 Å². The summed E-state index contributed by atoms with van der Waals surface area (Å²) in [5.74, 6) is 1.83. The minimum atomic E-state index is 0.0381. The van der Waals surface area contributed by atoms with Crippen molar-refractivity contribution in [3.05, 3.63) is 29.8 Å². The molecule has 1 aromatic rings. The Hall–Kier alpha value is -2.04. The Kier molecular flexibility index (Phi) is 6.63. The first-order valence-corrected chi connectivity index (χ1v) is 10.7. The fraction of sp³-hybridized carbons (Fsp3) is 0.652. The molecule has 4 unspecified atom stereocenters. The molecule has 1 aromatic carbocycles. The minimum absolute atomic E-state index is 0.0381. The number of rotatable bonds is 4. The predicted molar refractivity (Wildman–Crippen MR) is 110 cm³/mol. The van der Waals surface area contributed by atoms with E-state index in [0.29, 0.717) is 23.1 Å². The van der Waals surface area contributed by atoms with Crippen molar-refractivity contribution in [3.63, 3.8) is 0 Å². The first kappa shape index (κ1) is 20.7. The van der Waals surface area contributed by atoms with Crippen LogP contribution in [0.2, 0.25) is 0 Å². The summed E-state index contributed by atoms with van der Waals surface area (Å²) in [5, 5.41) is 0. The molecule has 3 rings (SSSR count). The molecule has 2 heterocycles. The minimum Gasteiger partial charge on any atom is -0.484 e. The second-order valence-corrected chi connectivity index (χ2v) is 8.90. The lowest BCUT2D eigenvalue weighted by atomic mass is 9.91. The Bertz CT molecular complexity index is 668. The summed E-state index contributed by atoms with van der Waals surface area (Å²) in [6, 6.07) is 7.74. The van der Waals surface area contributed by atoms with Gasteiger partial charge in [0, 0.05) is 30.7 Å². The second-order valence-electron chi connectivity index (χ2n) is 8.90. The van der Waals surface area contributed by atoms with Crippen molar-refractivity contribution in [3.8, 4) is 5.75 Å². The monoisotopic (exact) mass is 386 g/mol. The highest BCUT2D eigenvalue weighted by Gasteiger charge is 2.29. The van der Waals surface area contributed by atoms with E-state index in [0.717, 1.165) is 25.9 Å². The van der Waals surface area contributed by atoms with E-state index in [2.05, 4.69) is 27.7 Å². The fourth-order valence-electron chi connectivity index (χ4n) is 4.84. The van der Waals surface area contributed by atoms with Crippen LogP contribution in [0.4, 0.5) is 0 Å². The Morgan fingerprint density at radius 1 is 0.964 bits per heavy atom. The normalized spacial score (nSPS) is 28.1. The molecular formula is C23H34N2O3. The summed E-state index contributed by atoms with van der Waals surface area (Å²) in [7, 11) is 0. The number of likely N-dealkylation sites (tertiary alicyclic amines) is 2. The number of hydrogen-bond donors (Lipinski definition) is 0. The maximum Gasteiger partial charge on any atom is 0.260 e. The van der Waals surface area contributed by atoms with E-state index in [9.17, 15) is 9.59 Å². The van der Waals surface area contributed by atoms with E-state index in [-0.39, 0.29) is 30.5 Å². The largest absolute Gasteiger partial charge is 0.484 e. The van der Waals surface area contributed by atoms with Gasteiger partial charge in [0.2, 0.25) is 0 Å². The lowest BCUT2D eigenvalue weighted by Gasteiger charge is -2.39. The van der Waals surface area contributed by atoms with Crippen molar-refractivity contribution in [2.45, 2.75) is 65.5 Å². The van der Waals surface area contributed by atoms with Crippen LogP contribution in [0.3, 0.4) is 0 Å². The third-order valence-electron chi connectivity index (χ3n) is 6.10. The Labute approximate surface area is 169 Å². The van der Waals surface area contributed by atoms with Gasteiger partial charge in [0.15, 0.2) is 6.61 Å². The molecule has 0 saturated carbocycles. The van der Waals surface area contributed by atoms with Gasteiger partial charge in [0.1, 0.15) is 5.75 Å². The van der Waals surface area contributed by atoms with Crippen molar-refractivity contribution in [2.24, 2.45) is 11.8 Å². The molecule has 2 fully saturated rings. The van der Waals surface area contributed by atoms with Gasteiger partial charge in [-0.05, 0) is 75.6 Å². The van der Waals surface area contributed by atoms with E-state index in [4.69, 9.17) is 4.74 Å². The SMILES string of the molecule is CC1CC(C)CN(C(=O)c2ccc(OCC(=O)N3C(C)CCCC3C)cc2)C1. The molecule has 4 atom stereocenters. The van der Waals surface area contributed by atoms with Crippen LogP contribution in [0, 0.1) is 11.8 Å². The molecule has 2 aliphatic heterocycles. The van der Waals surface area contributed by atoms with Crippen LogP contribution in [0.15, 0.2) is 24.3 Å². The first-order valence-electron chi connectivity index (χ1n) is 10.7. The molecule has 0 aliphatic carbocycles. The first-order chi connectivity index (χ1) is 13.3. The molecule has 0 N–H and O–H groups in total. The standard InChI is InChI=1S/C23H34N2O3/c1-16-12-17(2)14-24(13-16)23(27)20-8-10-21(11-9-20)28-15-22(26)25-18(3)6-5-7-19(25)4/h8-11,16-19H,5-7,12-15H2,1-4H3. The number of carbonyl (C=O) groups is 2. The highest BCUT2D eigenvalue weighted by Crippen LogP contribution is 2.24. The van der Waals surface area contributed by atoms with Gasteiger partial charge in [-0.25, -0.2) is 0 Å². The number of benzene rings is 1. The van der Waals surface area contributed by atoms with Gasteiger partial charge in [0.25, 0.3) is 11.8 Å². The summed E-state index contributed by atoms with van der Waals surface area (Å²) in [4.78, 5) is 29.3. The summed E-state index contributed by atoms with van der Waals surface area (Å²) in [6.45, 7) is 10.3. The summed E-state index contributed by atoms with van der Waals surface area (Å²) in [6.07, 6.45) is 4.47. The van der Waals surface area contributed by atoms with Gasteiger partial charge < -0.3 is 14.5 Å². The van der Waals surface area contributed by atoms with Gasteiger partial charge >= 0.3 is 0 Å². The van der Waals surface area contributed by atoms with Crippen LogP contribution < -0.4 is 4.74 Å². The molecule has 154 valence electrons. The Morgan fingerprint density at radius 3 is 2.11 bits per heavy atom. The molecule has 0 radical (unpaired) electrons. The van der Waals surface area contributed by atoms with E-state index in [1.54, 1.807) is 24.3 Å². The fourth-order valence-corrected chi connectivity index (χ4v) is 4.84. The quantitative estimate of drug-likeness (QED) is 0.787. The summed E-state index contributed by atoms with van der Waals surface area (Å²) >= 11 is 0. The molecule has 2 aliphatic rings. The van der Waals surface area contributed by atoms with E-state index >= 15 is 0 Å². The third kappa shape index (κ3) is 4.86. The number of ether oxygens (including phenoxy) is 1. The van der Waals surface area contributed by atoms with Gasteiger partial charge in [-0.1, -0.05) is 13.8 Å². The maximum absolute atomic E-state index is 12.8. The van der Waals surface area contributed by atoms with Crippen LogP contribution in [0.1, 0.15) is 63.7 Å². The lowest BCUT2D eigenvalue weighted by molar-refractivity contribution is -0.139. The molecule has 5 nitrogen and oxygen atoms in total. The van der Waals surface area contributed by atoms with Crippen molar-refractivity contribution < 1.29 is 14.3 Å². The average molecular weight is 387 g/mol. The van der Waals surface area contributed by atoms with Gasteiger partial charge in [-0.3, -0.25) is 9.59 Å². The van der Waals surface area contributed by atoms with Crippen molar-refractivity contribution >= 4 is 11.8 Å². The zero-order chi connectivity index (χ0) is 20.3.